The quantitative estimate of drug-likeness (QED) is 0.401. The average Bonchev–Trinajstić information content (AvgIpc) is 3.30. The standard InChI is InChI=1S/C30H38N2O2/c1-23(32-19-13-25-7-3-4-8-30(25)32)26-10-9-24-11-12-29(22-27(24)21-26)34-20-6-2-5-16-31-17-14-28(33)15-18-31/h3-4,7-12,21-23,28,33H,2,5-6,13-20H2,1H3/t23-/m0/s1. The second-order valence-electron chi connectivity index (χ2n) is 10.00. The number of fused-ring (bicyclic) bond motifs is 2. The second kappa shape index (κ2) is 10.8. The number of piperidine rings is 1. The van der Waals surface area contributed by atoms with E-state index in [9.17, 15) is 5.11 Å². The van der Waals surface area contributed by atoms with Crippen LogP contribution in [0.5, 0.6) is 5.75 Å². The molecule has 0 saturated carbocycles. The van der Waals surface area contributed by atoms with Gasteiger partial charge >= 0.3 is 0 Å². The van der Waals surface area contributed by atoms with Crippen molar-refractivity contribution in [1.82, 2.24) is 4.90 Å². The molecule has 2 aliphatic rings. The molecule has 0 aromatic heterocycles. The zero-order valence-electron chi connectivity index (χ0n) is 20.5. The molecule has 2 heterocycles. The van der Waals surface area contributed by atoms with E-state index in [0.717, 1.165) is 64.2 Å². The minimum absolute atomic E-state index is 0.0807. The van der Waals surface area contributed by atoms with E-state index in [2.05, 4.69) is 77.4 Å². The summed E-state index contributed by atoms with van der Waals surface area (Å²) in [6, 6.07) is 22.5. The highest BCUT2D eigenvalue weighted by Crippen LogP contribution is 2.35. The third-order valence-corrected chi connectivity index (χ3v) is 7.65. The number of anilines is 1. The number of aliphatic hydroxyl groups is 1. The Morgan fingerprint density at radius 1 is 0.912 bits per heavy atom. The van der Waals surface area contributed by atoms with E-state index in [-0.39, 0.29) is 6.10 Å². The molecule has 0 bridgehead atoms. The molecule has 5 rings (SSSR count). The van der Waals surface area contributed by atoms with Gasteiger partial charge in [0, 0.05) is 25.3 Å². The van der Waals surface area contributed by atoms with Gasteiger partial charge in [0.15, 0.2) is 0 Å². The first-order valence-electron chi connectivity index (χ1n) is 13.1. The molecule has 0 amide bonds. The molecule has 1 saturated heterocycles. The van der Waals surface area contributed by atoms with Crippen LogP contribution in [-0.2, 0) is 6.42 Å². The molecule has 3 aromatic carbocycles. The lowest BCUT2D eigenvalue weighted by molar-refractivity contribution is 0.0816. The van der Waals surface area contributed by atoms with Crippen molar-refractivity contribution in [2.75, 3.05) is 37.7 Å². The van der Waals surface area contributed by atoms with Gasteiger partial charge < -0.3 is 19.6 Å². The number of nitrogens with zero attached hydrogens (tertiary/aromatic N) is 2. The normalized spacial score (nSPS) is 17.8. The van der Waals surface area contributed by atoms with Crippen molar-refractivity contribution in [3.8, 4) is 5.75 Å². The summed E-state index contributed by atoms with van der Waals surface area (Å²) in [5.74, 6) is 0.967. The molecular formula is C30H38N2O2. The van der Waals surface area contributed by atoms with Gasteiger partial charge in [-0.25, -0.2) is 0 Å². The van der Waals surface area contributed by atoms with Gasteiger partial charge in [-0.2, -0.15) is 0 Å². The highest BCUT2D eigenvalue weighted by molar-refractivity contribution is 5.84. The maximum absolute atomic E-state index is 9.62. The maximum Gasteiger partial charge on any atom is 0.119 e. The lowest BCUT2D eigenvalue weighted by atomic mass is 10.0. The van der Waals surface area contributed by atoms with Crippen LogP contribution in [0.1, 0.15) is 56.2 Å². The molecule has 1 N–H and O–H groups in total. The summed E-state index contributed by atoms with van der Waals surface area (Å²) in [7, 11) is 0. The minimum atomic E-state index is -0.0807. The molecule has 0 unspecified atom stereocenters. The van der Waals surface area contributed by atoms with Gasteiger partial charge in [-0.3, -0.25) is 0 Å². The van der Waals surface area contributed by atoms with Crippen molar-refractivity contribution in [2.24, 2.45) is 0 Å². The first-order chi connectivity index (χ1) is 16.7. The Hall–Kier alpha value is -2.56. The molecule has 180 valence electrons. The van der Waals surface area contributed by atoms with Crippen LogP contribution in [0.4, 0.5) is 5.69 Å². The lowest BCUT2D eigenvalue weighted by Gasteiger charge is -2.29. The highest BCUT2D eigenvalue weighted by atomic mass is 16.5. The summed E-state index contributed by atoms with van der Waals surface area (Å²) < 4.78 is 6.11. The van der Waals surface area contributed by atoms with Crippen molar-refractivity contribution in [3.05, 3.63) is 71.8 Å². The Labute approximate surface area is 204 Å². The number of ether oxygens (including phenoxy) is 1. The molecule has 0 aliphatic carbocycles. The van der Waals surface area contributed by atoms with Crippen LogP contribution < -0.4 is 9.64 Å². The second-order valence-corrected chi connectivity index (χ2v) is 10.00. The maximum atomic E-state index is 9.62. The van der Waals surface area contributed by atoms with Crippen molar-refractivity contribution in [2.45, 2.75) is 57.6 Å². The summed E-state index contributed by atoms with van der Waals surface area (Å²) in [6.45, 7) is 7.40. The molecule has 34 heavy (non-hydrogen) atoms. The Bertz CT molecular complexity index is 1090. The molecule has 4 nitrogen and oxygen atoms in total. The van der Waals surface area contributed by atoms with E-state index < -0.39 is 0 Å². The molecule has 1 fully saturated rings. The van der Waals surface area contributed by atoms with Crippen LogP contribution >= 0.6 is 0 Å². The van der Waals surface area contributed by atoms with Crippen molar-refractivity contribution < 1.29 is 9.84 Å². The number of rotatable bonds is 9. The Kier molecular flexibility index (Phi) is 7.36. The van der Waals surface area contributed by atoms with E-state index in [4.69, 9.17) is 4.74 Å². The van der Waals surface area contributed by atoms with Crippen LogP contribution in [-0.4, -0.2) is 48.9 Å². The molecular weight excluding hydrogens is 420 g/mol. The number of unbranched alkanes of at least 4 members (excludes halogenated alkanes) is 2. The van der Waals surface area contributed by atoms with Crippen molar-refractivity contribution >= 4 is 16.5 Å². The van der Waals surface area contributed by atoms with Crippen LogP contribution in [0.2, 0.25) is 0 Å². The number of likely N-dealkylation sites (tertiary alicyclic amines) is 1. The highest BCUT2D eigenvalue weighted by Gasteiger charge is 2.24. The summed E-state index contributed by atoms with van der Waals surface area (Å²) in [4.78, 5) is 5.01. The Balaban J connectivity index is 1.14. The van der Waals surface area contributed by atoms with Gasteiger partial charge in [-0.1, -0.05) is 36.4 Å². The first-order valence-corrected chi connectivity index (χ1v) is 13.1. The van der Waals surface area contributed by atoms with Crippen molar-refractivity contribution in [1.29, 1.82) is 0 Å². The van der Waals surface area contributed by atoms with Gasteiger partial charge in [0.05, 0.1) is 18.8 Å². The Morgan fingerprint density at radius 3 is 2.62 bits per heavy atom. The van der Waals surface area contributed by atoms with Crippen molar-refractivity contribution in [3.63, 3.8) is 0 Å². The van der Waals surface area contributed by atoms with Crippen LogP contribution in [0.15, 0.2) is 60.7 Å². The van der Waals surface area contributed by atoms with E-state index in [1.165, 1.54) is 40.4 Å². The predicted octanol–water partition coefficient (Wildman–Crippen LogP) is 5.97. The summed E-state index contributed by atoms with van der Waals surface area (Å²) in [6.07, 6.45) is 6.38. The monoisotopic (exact) mass is 458 g/mol. The predicted molar refractivity (Wildman–Crippen MR) is 141 cm³/mol. The lowest BCUT2D eigenvalue weighted by Crippen LogP contribution is -2.36. The summed E-state index contributed by atoms with van der Waals surface area (Å²) in [5, 5.41) is 12.1. The smallest absolute Gasteiger partial charge is 0.119 e. The van der Waals surface area contributed by atoms with Crippen LogP contribution in [0.3, 0.4) is 0 Å². The number of para-hydroxylation sites is 1. The average molecular weight is 459 g/mol. The zero-order chi connectivity index (χ0) is 23.3. The number of hydrogen-bond donors (Lipinski definition) is 1. The number of hydrogen-bond acceptors (Lipinski definition) is 4. The SMILES string of the molecule is C[C@@H](c1ccc2ccc(OCCCCCN3CCC(O)CC3)cc2c1)N1CCc2ccccc21. The Morgan fingerprint density at radius 2 is 1.74 bits per heavy atom. The molecule has 0 radical (unpaired) electrons. The summed E-state index contributed by atoms with van der Waals surface area (Å²) in [5.41, 5.74) is 4.19. The number of benzene rings is 3. The zero-order valence-corrected chi connectivity index (χ0v) is 20.5. The summed E-state index contributed by atoms with van der Waals surface area (Å²) >= 11 is 0. The van der Waals surface area contributed by atoms with Gasteiger partial charge in [0.1, 0.15) is 5.75 Å². The van der Waals surface area contributed by atoms with Gasteiger partial charge in [-0.15, -0.1) is 0 Å². The topological polar surface area (TPSA) is 35.9 Å². The molecule has 1 atom stereocenters. The fourth-order valence-electron chi connectivity index (χ4n) is 5.49. The first kappa shape index (κ1) is 23.2. The molecule has 0 spiro atoms. The number of aliphatic hydroxyl groups excluding tert-OH is 1. The van der Waals surface area contributed by atoms with Gasteiger partial charge in [0.2, 0.25) is 0 Å². The largest absolute Gasteiger partial charge is 0.494 e. The van der Waals surface area contributed by atoms with E-state index in [1.54, 1.807) is 0 Å². The fraction of sp³-hybridized carbons (Fsp3) is 0.467. The van der Waals surface area contributed by atoms with Gasteiger partial charge in [-0.05, 0) is 98.2 Å². The third kappa shape index (κ3) is 5.39. The van der Waals surface area contributed by atoms with Crippen LogP contribution in [0, 0.1) is 0 Å². The van der Waals surface area contributed by atoms with Gasteiger partial charge in [0.25, 0.3) is 0 Å². The minimum Gasteiger partial charge on any atom is -0.494 e. The van der Waals surface area contributed by atoms with E-state index >= 15 is 0 Å². The fourth-order valence-corrected chi connectivity index (χ4v) is 5.49. The van der Waals surface area contributed by atoms with Crippen LogP contribution in [0.25, 0.3) is 10.8 Å². The van der Waals surface area contributed by atoms with E-state index in [0.29, 0.717) is 6.04 Å². The van der Waals surface area contributed by atoms with E-state index in [1.807, 2.05) is 0 Å². The third-order valence-electron chi connectivity index (χ3n) is 7.65. The molecule has 2 aliphatic heterocycles. The molecule has 4 heteroatoms. The molecule has 3 aromatic rings.